The zero-order valence-electron chi connectivity index (χ0n) is 16.3. The minimum Gasteiger partial charge on any atom is -0.497 e. The Labute approximate surface area is 166 Å². The molecule has 3 rings (SSSR count). The van der Waals surface area contributed by atoms with Gasteiger partial charge in [-0.25, -0.2) is 8.78 Å². The van der Waals surface area contributed by atoms with Crippen molar-refractivity contribution in [2.75, 3.05) is 7.11 Å². The molecule has 1 aliphatic carbocycles. The van der Waals surface area contributed by atoms with E-state index in [9.17, 15) is 8.78 Å². The number of hydrogen-bond acceptors (Lipinski definition) is 1. The van der Waals surface area contributed by atoms with Gasteiger partial charge in [-0.2, -0.15) is 0 Å². The Balaban J connectivity index is 1.71. The molecule has 1 aliphatic rings. The van der Waals surface area contributed by atoms with Gasteiger partial charge in [-0.05, 0) is 92.3 Å². The van der Waals surface area contributed by atoms with Crippen molar-refractivity contribution >= 4 is 0 Å². The summed E-state index contributed by atoms with van der Waals surface area (Å²) in [6, 6.07) is 10.0. The minimum atomic E-state index is -0.579. The molecule has 28 heavy (non-hydrogen) atoms. The Hall–Kier alpha value is -2.60. The monoisotopic (exact) mass is 380 g/mol. The van der Waals surface area contributed by atoms with Crippen LogP contribution >= 0.6 is 0 Å². The Bertz CT molecular complexity index is 843. The zero-order valence-corrected chi connectivity index (χ0v) is 16.3. The van der Waals surface area contributed by atoms with Crippen LogP contribution in [0.2, 0.25) is 0 Å². The Kier molecular flexibility index (Phi) is 6.87. The molecule has 0 unspecified atom stereocenters. The van der Waals surface area contributed by atoms with E-state index in [4.69, 9.17) is 4.74 Å². The van der Waals surface area contributed by atoms with Gasteiger partial charge in [-0.15, -0.1) is 6.58 Å². The van der Waals surface area contributed by atoms with Crippen LogP contribution in [0.25, 0.3) is 0 Å². The summed E-state index contributed by atoms with van der Waals surface area (Å²) in [5.74, 6) is 5.96. The highest BCUT2D eigenvalue weighted by atomic mass is 19.1. The maximum absolute atomic E-state index is 14.6. The van der Waals surface area contributed by atoms with Gasteiger partial charge >= 0.3 is 0 Å². The summed E-state index contributed by atoms with van der Waals surface area (Å²) < 4.78 is 34.2. The van der Waals surface area contributed by atoms with Crippen LogP contribution in [0.15, 0.2) is 49.1 Å². The maximum atomic E-state index is 14.6. The molecule has 0 saturated heterocycles. The first kappa shape index (κ1) is 20.1. The summed E-state index contributed by atoms with van der Waals surface area (Å²) in [5, 5.41) is 0. The average Bonchev–Trinajstić information content (AvgIpc) is 2.72. The fraction of sp³-hybridized carbons (Fsp3) is 0.360. The van der Waals surface area contributed by atoms with Gasteiger partial charge in [0.1, 0.15) is 17.4 Å². The topological polar surface area (TPSA) is 9.23 Å². The molecule has 2 aromatic rings. The van der Waals surface area contributed by atoms with Gasteiger partial charge in [0.2, 0.25) is 0 Å². The minimum absolute atomic E-state index is 0.167. The predicted octanol–water partition coefficient (Wildman–Crippen LogP) is 6.61. The maximum Gasteiger partial charge on any atom is 0.142 e. The fourth-order valence-corrected chi connectivity index (χ4v) is 3.89. The molecule has 0 N–H and O–H groups in total. The lowest BCUT2D eigenvalue weighted by Crippen LogP contribution is -2.14. The van der Waals surface area contributed by atoms with E-state index < -0.39 is 11.6 Å². The van der Waals surface area contributed by atoms with Crippen LogP contribution in [0.1, 0.15) is 61.1 Å². The highest BCUT2D eigenvalue weighted by Crippen LogP contribution is 2.38. The van der Waals surface area contributed by atoms with Gasteiger partial charge in [0.15, 0.2) is 0 Å². The largest absolute Gasteiger partial charge is 0.497 e. The van der Waals surface area contributed by atoms with Crippen molar-refractivity contribution in [1.82, 2.24) is 0 Å². The number of rotatable bonds is 5. The second-order valence-electron chi connectivity index (χ2n) is 7.42. The number of ether oxygens (including phenoxy) is 1. The summed E-state index contributed by atoms with van der Waals surface area (Å²) >= 11 is 0. The van der Waals surface area contributed by atoms with Crippen LogP contribution in [0.4, 0.5) is 8.78 Å². The van der Waals surface area contributed by atoms with E-state index in [0.29, 0.717) is 17.2 Å². The lowest BCUT2D eigenvalue weighted by molar-refractivity contribution is 0.311. The molecule has 0 spiro atoms. The summed E-state index contributed by atoms with van der Waals surface area (Å²) in [6.07, 6.45) is 8.36. The van der Waals surface area contributed by atoms with E-state index in [-0.39, 0.29) is 11.5 Å². The Morgan fingerprint density at radius 3 is 2.25 bits per heavy atom. The molecule has 1 fully saturated rings. The lowest BCUT2D eigenvalue weighted by atomic mass is 9.77. The van der Waals surface area contributed by atoms with Crippen molar-refractivity contribution in [3.8, 4) is 17.6 Å². The molecule has 0 aromatic heterocycles. The third-order valence-corrected chi connectivity index (χ3v) is 5.58. The molecule has 0 bridgehead atoms. The smallest absolute Gasteiger partial charge is 0.142 e. The molecule has 0 atom stereocenters. The van der Waals surface area contributed by atoms with Gasteiger partial charge in [-0.3, -0.25) is 0 Å². The lowest BCUT2D eigenvalue weighted by Gasteiger charge is -2.28. The summed E-state index contributed by atoms with van der Waals surface area (Å²) in [7, 11) is 1.58. The summed E-state index contributed by atoms with van der Waals surface area (Å²) in [4.78, 5) is 0. The van der Waals surface area contributed by atoms with Crippen molar-refractivity contribution in [2.45, 2.75) is 44.4 Å². The quantitative estimate of drug-likeness (QED) is 0.419. The van der Waals surface area contributed by atoms with Gasteiger partial charge in [0.25, 0.3) is 0 Å². The van der Waals surface area contributed by atoms with Crippen molar-refractivity contribution in [3.05, 3.63) is 77.4 Å². The van der Waals surface area contributed by atoms with Gasteiger partial charge in [0, 0.05) is 5.56 Å². The molecule has 0 aliphatic heterocycles. The molecule has 2 aromatic carbocycles. The van der Waals surface area contributed by atoms with Crippen LogP contribution in [-0.4, -0.2) is 7.11 Å². The Morgan fingerprint density at radius 2 is 1.68 bits per heavy atom. The van der Waals surface area contributed by atoms with E-state index in [1.54, 1.807) is 31.4 Å². The zero-order chi connectivity index (χ0) is 19.9. The molecule has 146 valence electrons. The van der Waals surface area contributed by atoms with Crippen LogP contribution in [-0.2, 0) is 0 Å². The molecule has 1 saturated carbocycles. The van der Waals surface area contributed by atoms with Crippen LogP contribution in [0.3, 0.4) is 0 Å². The molecule has 3 heteroatoms. The van der Waals surface area contributed by atoms with E-state index in [1.165, 1.54) is 18.6 Å². The van der Waals surface area contributed by atoms with Crippen molar-refractivity contribution < 1.29 is 13.5 Å². The van der Waals surface area contributed by atoms with Gasteiger partial charge in [0.05, 0.1) is 12.7 Å². The summed E-state index contributed by atoms with van der Waals surface area (Å²) in [5.41, 5.74) is 1.27. The van der Waals surface area contributed by atoms with E-state index in [0.717, 1.165) is 37.7 Å². The first-order valence-electron chi connectivity index (χ1n) is 9.86. The molecule has 0 heterocycles. The second kappa shape index (κ2) is 9.55. The van der Waals surface area contributed by atoms with Crippen LogP contribution < -0.4 is 4.74 Å². The number of methoxy groups -OCH3 is 1. The van der Waals surface area contributed by atoms with E-state index in [2.05, 4.69) is 18.4 Å². The standard InChI is InChI=1S/C25H26F2O/c1-3-4-5-18-6-11-20(12-7-18)21-16-24(26)23(25(27)17-21)15-10-19-8-13-22(28-2)14-9-19/h3,8-9,13-14,16-18,20H,1,4-7,11-12H2,2H3. The number of benzene rings is 2. The van der Waals surface area contributed by atoms with Crippen LogP contribution in [0.5, 0.6) is 5.75 Å². The average molecular weight is 380 g/mol. The molecular formula is C25H26F2O. The predicted molar refractivity (Wildman–Crippen MR) is 109 cm³/mol. The molecule has 1 nitrogen and oxygen atoms in total. The SMILES string of the molecule is C=CCCC1CCC(c2cc(F)c(C#Cc3ccc(OC)cc3)c(F)c2)CC1. The fourth-order valence-electron chi connectivity index (χ4n) is 3.89. The van der Waals surface area contributed by atoms with E-state index in [1.807, 2.05) is 6.08 Å². The normalized spacial score (nSPS) is 18.8. The van der Waals surface area contributed by atoms with Crippen molar-refractivity contribution in [3.63, 3.8) is 0 Å². The molecular weight excluding hydrogens is 354 g/mol. The second-order valence-corrected chi connectivity index (χ2v) is 7.42. The first-order valence-corrected chi connectivity index (χ1v) is 9.86. The first-order chi connectivity index (χ1) is 13.6. The number of halogens is 2. The molecule has 0 radical (unpaired) electrons. The van der Waals surface area contributed by atoms with E-state index >= 15 is 0 Å². The number of allylic oxidation sites excluding steroid dienone is 1. The summed E-state index contributed by atoms with van der Waals surface area (Å²) in [6.45, 7) is 3.78. The van der Waals surface area contributed by atoms with Gasteiger partial charge in [-0.1, -0.05) is 17.9 Å². The third-order valence-electron chi connectivity index (χ3n) is 5.58. The van der Waals surface area contributed by atoms with Crippen molar-refractivity contribution in [2.24, 2.45) is 5.92 Å². The highest BCUT2D eigenvalue weighted by Gasteiger charge is 2.23. The van der Waals surface area contributed by atoms with Crippen molar-refractivity contribution in [1.29, 1.82) is 0 Å². The number of hydrogen-bond donors (Lipinski definition) is 0. The molecule has 0 amide bonds. The Morgan fingerprint density at radius 1 is 1.04 bits per heavy atom. The highest BCUT2D eigenvalue weighted by molar-refractivity contribution is 5.46. The van der Waals surface area contributed by atoms with Crippen LogP contribution in [0, 0.1) is 29.4 Å². The third kappa shape index (κ3) is 5.01. The van der Waals surface area contributed by atoms with Gasteiger partial charge < -0.3 is 4.74 Å².